The fourth-order valence-electron chi connectivity index (χ4n) is 1.64. The van der Waals surface area contributed by atoms with Gasteiger partial charge in [0.05, 0.1) is 17.5 Å². The number of nitrogens with one attached hydrogen (secondary N) is 1. The Kier molecular flexibility index (Phi) is 4.72. The van der Waals surface area contributed by atoms with Gasteiger partial charge in [0, 0.05) is 13.6 Å². The first kappa shape index (κ1) is 14.5. The number of aromatic nitrogens is 2. The average Bonchev–Trinajstić information content (AvgIpc) is 2.60. The summed E-state index contributed by atoms with van der Waals surface area (Å²) in [5, 5.41) is 16.5. The van der Waals surface area contributed by atoms with Crippen LogP contribution in [0, 0.1) is 5.92 Å². The maximum Gasteiger partial charge on any atom is 0.271 e. The summed E-state index contributed by atoms with van der Waals surface area (Å²) < 4.78 is 1.48. The zero-order valence-corrected chi connectivity index (χ0v) is 11.4. The fraction of sp³-hybridized carbons (Fsp3) is 0.667. The van der Waals surface area contributed by atoms with Crippen molar-refractivity contribution in [2.45, 2.75) is 33.3 Å². The second kappa shape index (κ2) is 5.86. The van der Waals surface area contributed by atoms with Crippen LogP contribution in [0.2, 0.25) is 0 Å². The van der Waals surface area contributed by atoms with Crippen LogP contribution in [0.25, 0.3) is 0 Å². The van der Waals surface area contributed by atoms with E-state index in [1.54, 1.807) is 7.05 Å². The molecule has 102 valence electrons. The highest BCUT2D eigenvalue weighted by molar-refractivity contribution is 5.97. The molecule has 18 heavy (non-hydrogen) atoms. The van der Waals surface area contributed by atoms with Gasteiger partial charge in [-0.25, -0.2) is 0 Å². The van der Waals surface area contributed by atoms with E-state index in [1.165, 1.54) is 4.68 Å². The first-order chi connectivity index (χ1) is 8.38. The van der Waals surface area contributed by atoms with Crippen molar-refractivity contribution >= 4 is 11.6 Å². The van der Waals surface area contributed by atoms with Crippen LogP contribution >= 0.6 is 0 Å². The zero-order chi connectivity index (χ0) is 13.9. The molecule has 1 rings (SSSR count). The van der Waals surface area contributed by atoms with Crippen molar-refractivity contribution in [2.24, 2.45) is 13.0 Å². The summed E-state index contributed by atoms with van der Waals surface area (Å²) >= 11 is 0. The Morgan fingerprint density at radius 1 is 1.56 bits per heavy atom. The molecule has 1 amide bonds. The summed E-state index contributed by atoms with van der Waals surface area (Å²) in [4.78, 5) is 12.0. The first-order valence-corrected chi connectivity index (χ1v) is 6.16. The normalized spacial score (nSPS) is 12.8. The van der Waals surface area contributed by atoms with E-state index < -0.39 is 6.10 Å². The lowest BCUT2D eigenvalue weighted by Gasteiger charge is -2.15. The fourth-order valence-corrected chi connectivity index (χ4v) is 1.64. The monoisotopic (exact) mass is 254 g/mol. The number of carbonyl (C=O) groups excluding carboxylic acids is 1. The van der Waals surface area contributed by atoms with E-state index in [4.69, 9.17) is 5.73 Å². The Hall–Kier alpha value is -1.56. The number of nitrogens with zero attached hydrogens (tertiary/aromatic N) is 2. The largest absolute Gasteiger partial charge is 0.395 e. The van der Waals surface area contributed by atoms with Gasteiger partial charge < -0.3 is 16.2 Å². The highest BCUT2D eigenvalue weighted by atomic mass is 16.3. The first-order valence-electron chi connectivity index (χ1n) is 6.16. The number of nitrogens with two attached hydrogens (primary N) is 1. The van der Waals surface area contributed by atoms with Gasteiger partial charge in [0.1, 0.15) is 5.69 Å². The summed E-state index contributed by atoms with van der Waals surface area (Å²) in [6.07, 6.45) is 0.121. The predicted molar refractivity (Wildman–Crippen MR) is 70.2 cm³/mol. The SMILES string of the molecule is CCc1nn(C)c(C(=O)NCC(O)C(C)C)c1N. The lowest BCUT2D eigenvalue weighted by Crippen LogP contribution is -2.35. The molecule has 0 aliphatic heterocycles. The number of amides is 1. The Balaban J connectivity index is 2.76. The van der Waals surface area contributed by atoms with E-state index in [1.807, 2.05) is 20.8 Å². The molecule has 1 aromatic heterocycles. The summed E-state index contributed by atoms with van der Waals surface area (Å²) in [5.41, 5.74) is 7.35. The van der Waals surface area contributed by atoms with Crippen LogP contribution in [0.5, 0.6) is 0 Å². The predicted octanol–water partition coefficient (Wildman–Crippen LogP) is 0.311. The quantitative estimate of drug-likeness (QED) is 0.705. The molecule has 0 aliphatic rings. The molecule has 0 aliphatic carbocycles. The van der Waals surface area contributed by atoms with E-state index >= 15 is 0 Å². The highest BCUT2D eigenvalue weighted by Gasteiger charge is 2.20. The molecule has 0 fully saturated rings. The Bertz CT molecular complexity index is 426. The molecule has 1 atom stereocenters. The molecule has 0 spiro atoms. The third-order valence-corrected chi connectivity index (χ3v) is 2.95. The van der Waals surface area contributed by atoms with Crippen LogP contribution in [0.4, 0.5) is 5.69 Å². The van der Waals surface area contributed by atoms with Gasteiger partial charge in [-0.2, -0.15) is 5.10 Å². The number of hydrogen-bond donors (Lipinski definition) is 3. The van der Waals surface area contributed by atoms with E-state index in [0.717, 1.165) is 0 Å². The van der Waals surface area contributed by atoms with E-state index in [2.05, 4.69) is 10.4 Å². The maximum absolute atomic E-state index is 12.0. The van der Waals surface area contributed by atoms with Crippen LogP contribution in [0.15, 0.2) is 0 Å². The molecule has 0 saturated carbocycles. The van der Waals surface area contributed by atoms with E-state index in [-0.39, 0.29) is 18.4 Å². The number of aliphatic hydroxyl groups is 1. The molecule has 1 unspecified atom stereocenters. The van der Waals surface area contributed by atoms with Crippen molar-refractivity contribution in [3.05, 3.63) is 11.4 Å². The summed E-state index contributed by atoms with van der Waals surface area (Å²) in [6.45, 7) is 5.93. The molecule has 6 heteroatoms. The maximum atomic E-state index is 12.0. The number of aryl methyl sites for hydroxylation is 2. The molecular formula is C12H22N4O2. The smallest absolute Gasteiger partial charge is 0.271 e. The van der Waals surface area contributed by atoms with Gasteiger partial charge in [-0.1, -0.05) is 20.8 Å². The molecule has 0 saturated heterocycles. The Labute approximate surface area is 107 Å². The van der Waals surface area contributed by atoms with Crippen molar-refractivity contribution < 1.29 is 9.90 Å². The average molecular weight is 254 g/mol. The second-order valence-electron chi connectivity index (χ2n) is 4.71. The molecule has 4 N–H and O–H groups in total. The van der Waals surface area contributed by atoms with Crippen LogP contribution in [-0.4, -0.2) is 33.4 Å². The molecule has 1 aromatic rings. The standard InChI is InChI=1S/C12H22N4O2/c1-5-8-10(13)11(16(4)15-8)12(18)14-6-9(17)7(2)3/h7,9,17H,5-6,13H2,1-4H3,(H,14,18). The van der Waals surface area contributed by atoms with Gasteiger partial charge in [0.2, 0.25) is 0 Å². The lowest BCUT2D eigenvalue weighted by atomic mass is 10.1. The van der Waals surface area contributed by atoms with Crippen molar-refractivity contribution in [3.63, 3.8) is 0 Å². The van der Waals surface area contributed by atoms with Crippen LogP contribution in [0.3, 0.4) is 0 Å². The van der Waals surface area contributed by atoms with E-state index in [9.17, 15) is 9.90 Å². The molecule has 1 heterocycles. The number of hydrogen-bond acceptors (Lipinski definition) is 4. The lowest BCUT2D eigenvalue weighted by molar-refractivity contribution is 0.0864. The highest BCUT2D eigenvalue weighted by Crippen LogP contribution is 2.16. The minimum absolute atomic E-state index is 0.0976. The molecule has 6 nitrogen and oxygen atoms in total. The topological polar surface area (TPSA) is 93.2 Å². The molecule has 0 radical (unpaired) electrons. The zero-order valence-electron chi connectivity index (χ0n) is 11.4. The van der Waals surface area contributed by atoms with Crippen LogP contribution in [-0.2, 0) is 13.5 Å². The number of carbonyl (C=O) groups is 1. The van der Waals surface area contributed by atoms with Gasteiger partial charge in [0.15, 0.2) is 0 Å². The van der Waals surface area contributed by atoms with E-state index in [0.29, 0.717) is 23.5 Å². The van der Waals surface area contributed by atoms with Gasteiger partial charge in [-0.05, 0) is 12.3 Å². The van der Waals surface area contributed by atoms with Gasteiger partial charge in [-0.15, -0.1) is 0 Å². The summed E-state index contributed by atoms with van der Waals surface area (Å²) in [5.74, 6) is -0.206. The minimum atomic E-state index is -0.561. The second-order valence-corrected chi connectivity index (χ2v) is 4.71. The van der Waals surface area contributed by atoms with Gasteiger partial charge in [0.25, 0.3) is 5.91 Å². The number of aliphatic hydroxyl groups excluding tert-OH is 1. The molecule has 0 bridgehead atoms. The van der Waals surface area contributed by atoms with Crippen molar-refractivity contribution in [3.8, 4) is 0 Å². The summed E-state index contributed by atoms with van der Waals surface area (Å²) in [6, 6.07) is 0. The van der Waals surface area contributed by atoms with Crippen molar-refractivity contribution in [1.29, 1.82) is 0 Å². The van der Waals surface area contributed by atoms with Crippen molar-refractivity contribution in [1.82, 2.24) is 15.1 Å². The van der Waals surface area contributed by atoms with Crippen LogP contribution in [0.1, 0.15) is 37.0 Å². The number of rotatable bonds is 5. The minimum Gasteiger partial charge on any atom is -0.395 e. The molecule has 0 aromatic carbocycles. The van der Waals surface area contributed by atoms with Gasteiger partial charge in [-0.3, -0.25) is 9.48 Å². The summed E-state index contributed by atoms with van der Waals surface area (Å²) in [7, 11) is 1.68. The molecular weight excluding hydrogens is 232 g/mol. The third-order valence-electron chi connectivity index (χ3n) is 2.95. The van der Waals surface area contributed by atoms with Crippen molar-refractivity contribution in [2.75, 3.05) is 12.3 Å². The van der Waals surface area contributed by atoms with Crippen LogP contribution < -0.4 is 11.1 Å². The Morgan fingerprint density at radius 2 is 2.17 bits per heavy atom. The number of nitrogen functional groups attached to an aromatic ring is 1. The number of anilines is 1. The van der Waals surface area contributed by atoms with Gasteiger partial charge >= 0.3 is 0 Å². The third kappa shape index (κ3) is 3.01. The Morgan fingerprint density at radius 3 is 2.61 bits per heavy atom.